The summed E-state index contributed by atoms with van der Waals surface area (Å²) in [6, 6.07) is 3.90. The molecule has 0 spiro atoms. The lowest BCUT2D eigenvalue weighted by molar-refractivity contribution is 0.204. The minimum absolute atomic E-state index is 0.398. The lowest BCUT2D eigenvalue weighted by atomic mass is 10.5. The largest absolute Gasteiger partial charge is 0.383 e. The van der Waals surface area contributed by atoms with E-state index in [1.165, 1.54) is 0 Å². The number of nitrogens with zero attached hydrogens (tertiary/aromatic N) is 3. The molecule has 3 N–H and O–H groups in total. The number of aliphatic imine (C=N–C) groups is 1. The van der Waals surface area contributed by atoms with E-state index in [-0.39, 0.29) is 0 Å². The van der Waals surface area contributed by atoms with Crippen molar-refractivity contribution in [1.82, 2.24) is 14.7 Å². The molecule has 7 heteroatoms. The van der Waals surface area contributed by atoms with Crippen LogP contribution in [0.25, 0.3) is 5.65 Å². The first-order valence-electron chi connectivity index (χ1n) is 5.85. The smallest absolute Gasteiger partial charge is 0.189 e. The Morgan fingerprint density at radius 2 is 2.37 bits per heavy atom. The van der Waals surface area contributed by atoms with Crippen LogP contribution in [0.3, 0.4) is 0 Å². The first-order chi connectivity index (χ1) is 9.19. The van der Waals surface area contributed by atoms with Crippen molar-refractivity contribution < 1.29 is 4.74 Å². The molecule has 0 aliphatic heterocycles. The molecule has 2 aromatic rings. The van der Waals surface area contributed by atoms with Crippen molar-refractivity contribution in [2.24, 2.45) is 10.7 Å². The highest BCUT2D eigenvalue weighted by Crippen LogP contribution is 2.12. The second-order valence-electron chi connectivity index (χ2n) is 3.97. The van der Waals surface area contributed by atoms with Gasteiger partial charge in [0.15, 0.2) is 5.96 Å². The quantitative estimate of drug-likeness (QED) is 0.491. The highest BCUT2D eigenvalue weighted by atomic mass is 79.9. The predicted molar refractivity (Wildman–Crippen MR) is 78.1 cm³/mol. The Kier molecular flexibility index (Phi) is 4.75. The molecule has 0 aromatic carbocycles. The third-order valence-electron chi connectivity index (χ3n) is 2.49. The van der Waals surface area contributed by atoms with Crippen molar-refractivity contribution in [3.63, 3.8) is 0 Å². The van der Waals surface area contributed by atoms with Crippen molar-refractivity contribution in [3.05, 3.63) is 34.7 Å². The average Bonchev–Trinajstić information content (AvgIpc) is 2.78. The van der Waals surface area contributed by atoms with Gasteiger partial charge in [-0.1, -0.05) is 0 Å². The van der Waals surface area contributed by atoms with Gasteiger partial charge in [-0.25, -0.2) is 9.98 Å². The molecule has 0 saturated carbocycles. The van der Waals surface area contributed by atoms with Crippen LogP contribution in [-0.4, -0.2) is 35.6 Å². The zero-order chi connectivity index (χ0) is 13.7. The Morgan fingerprint density at radius 3 is 3.16 bits per heavy atom. The van der Waals surface area contributed by atoms with Gasteiger partial charge < -0.3 is 20.2 Å². The molecule has 2 rings (SSSR count). The summed E-state index contributed by atoms with van der Waals surface area (Å²) in [5, 5.41) is 2.96. The molecule has 0 aliphatic rings. The van der Waals surface area contributed by atoms with E-state index >= 15 is 0 Å². The molecule has 0 atom stereocenters. The van der Waals surface area contributed by atoms with Crippen molar-refractivity contribution in [1.29, 1.82) is 0 Å². The fourth-order valence-electron chi connectivity index (χ4n) is 1.60. The van der Waals surface area contributed by atoms with Crippen LogP contribution in [-0.2, 0) is 11.3 Å². The van der Waals surface area contributed by atoms with Gasteiger partial charge in [0.25, 0.3) is 0 Å². The van der Waals surface area contributed by atoms with Gasteiger partial charge in [-0.15, -0.1) is 0 Å². The normalized spacial score (nSPS) is 12.0. The van der Waals surface area contributed by atoms with Crippen LogP contribution in [0.15, 0.2) is 34.0 Å². The molecule has 102 valence electrons. The number of nitrogens with two attached hydrogens (primary N) is 1. The predicted octanol–water partition coefficient (Wildman–Crippen LogP) is 1.15. The van der Waals surface area contributed by atoms with Crippen molar-refractivity contribution >= 4 is 27.5 Å². The second kappa shape index (κ2) is 6.53. The Bertz CT molecular complexity index is 581. The highest BCUT2D eigenvalue weighted by Gasteiger charge is 2.01. The highest BCUT2D eigenvalue weighted by molar-refractivity contribution is 9.10. The van der Waals surface area contributed by atoms with Gasteiger partial charge in [0.2, 0.25) is 0 Å². The molecule has 0 bridgehead atoms. The van der Waals surface area contributed by atoms with Crippen molar-refractivity contribution in [2.75, 3.05) is 20.3 Å². The maximum Gasteiger partial charge on any atom is 0.189 e. The molecule has 0 fully saturated rings. The number of fused-ring (bicyclic) bond motifs is 1. The summed E-state index contributed by atoms with van der Waals surface area (Å²) in [4.78, 5) is 8.67. The van der Waals surface area contributed by atoms with Gasteiger partial charge in [-0.05, 0) is 28.1 Å². The fraction of sp³-hybridized carbons (Fsp3) is 0.333. The van der Waals surface area contributed by atoms with Crippen LogP contribution in [0, 0.1) is 0 Å². The van der Waals surface area contributed by atoms with Crippen LogP contribution >= 0.6 is 15.9 Å². The number of rotatable bonds is 5. The molecule has 0 aliphatic carbocycles. The van der Waals surface area contributed by atoms with E-state index in [2.05, 4.69) is 31.2 Å². The van der Waals surface area contributed by atoms with E-state index in [9.17, 15) is 0 Å². The molecule has 0 saturated heterocycles. The van der Waals surface area contributed by atoms with Gasteiger partial charge in [0.1, 0.15) is 5.65 Å². The number of guanidine groups is 1. The van der Waals surface area contributed by atoms with Gasteiger partial charge >= 0.3 is 0 Å². The molecular weight excluding hydrogens is 310 g/mol. The molecule has 2 heterocycles. The number of hydrogen-bond acceptors (Lipinski definition) is 3. The Labute approximate surface area is 119 Å². The van der Waals surface area contributed by atoms with E-state index in [1.54, 1.807) is 7.11 Å². The van der Waals surface area contributed by atoms with Crippen LogP contribution in [0.2, 0.25) is 0 Å². The van der Waals surface area contributed by atoms with Crippen LogP contribution in [0.4, 0.5) is 0 Å². The van der Waals surface area contributed by atoms with Gasteiger partial charge in [-0.3, -0.25) is 0 Å². The van der Waals surface area contributed by atoms with E-state index < -0.39 is 0 Å². The number of hydrogen-bond donors (Lipinski definition) is 2. The molecule has 19 heavy (non-hydrogen) atoms. The lowest BCUT2D eigenvalue weighted by Crippen LogP contribution is -2.34. The minimum Gasteiger partial charge on any atom is -0.383 e. The zero-order valence-electron chi connectivity index (χ0n) is 10.6. The maximum atomic E-state index is 5.72. The van der Waals surface area contributed by atoms with Crippen molar-refractivity contribution in [3.8, 4) is 0 Å². The monoisotopic (exact) mass is 325 g/mol. The fourth-order valence-corrected chi connectivity index (χ4v) is 1.95. The Morgan fingerprint density at radius 1 is 1.53 bits per heavy atom. The van der Waals surface area contributed by atoms with Crippen LogP contribution < -0.4 is 11.1 Å². The zero-order valence-corrected chi connectivity index (χ0v) is 12.2. The third kappa shape index (κ3) is 3.93. The van der Waals surface area contributed by atoms with E-state index in [1.807, 2.05) is 28.9 Å². The second-order valence-corrected chi connectivity index (χ2v) is 4.88. The summed E-state index contributed by atoms with van der Waals surface area (Å²) >= 11 is 3.42. The number of imidazole rings is 1. The number of nitrogens with one attached hydrogen (secondary N) is 1. The SMILES string of the molecule is COCCNC(N)=NCc1cn2cc(Br)ccc2n1. The summed E-state index contributed by atoms with van der Waals surface area (Å²) in [6.45, 7) is 1.69. The molecule has 0 amide bonds. The van der Waals surface area contributed by atoms with E-state index in [0.29, 0.717) is 25.7 Å². The molecule has 0 unspecified atom stereocenters. The van der Waals surface area contributed by atoms with Gasteiger partial charge in [0, 0.05) is 30.5 Å². The first-order valence-corrected chi connectivity index (χ1v) is 6.64. The lowest BCUT2D eigenvalue weighted by Gasteiger charge is -2.03. The molecular formula is C12H16BrN5O. The van der Waals surface area contributed by atoms with Crippen LogP contribution in [0.1, 0.15) is 5.69 Å². The Balaban J connectivity index is 1.99. The number of pyridine rings is 1. The summed E-state index contributed by atoms with van der Waals surface area (Å²) in [7, 11) is 1.64. The molecule has 6 nitrogen and oxygen atoms in total. The maximum absolute atomic E-state index is 5.72. The standard InChI is InChI=1S/C12H16BrN5O/c1-19-5-4-15-12(14)16-6-10-8-18-7-9(13)2-3-11(18)17-10/h2-3,7-8H,4-6H2,1H3,(H3,14,15,16). The van der Waals surface area contributed by atoms with E-state index in [4.69, 9.17) is 10.5 Å². The molecule has 0 radical (unpaired) electrons. The summed E-state index contributed by atoms with van der Waals surface area (Å²) in [5.74, 6) is 0.398. The number of methoxy groups -OCH3 is 1. The number of halogens is 1. The summed E-state index contributed by atoms with van der Waals surface area (Å²) in [5.41, 5.74) is 7.48. The Hall–Kier alpha value is -1.60. The number of ether oxygens (including phenoxy) is 1. The topological polar surface area (TPSA) is 76.9 Å². The van der Waals surface area contributed by atoms with Gasteiger partial charge in [-0.2, -0.15) is 0 Å². The summed E-state index contributed by atoms with van der Waals surface area (Å²) in [6.07, 6.45) is 3.89. The van der Waals surface area contributed by atoms with Gasteiger partial charge in [0.05, 0.1) is 18.8 Å². The first kappa shape index (κ1) is 13.8. The van der Waals surface area contributed by atoms with Crippen molar-refractivity contribution in [2.45, 2.75) is 6.54 Å². The van der Waals surface area contributed by atoms with E-state index in [0.717, 1.165) is 15.8 Å². The van der Waals surface area contributed by atoms with Crippen LogP contribution in [0.5, 0.6) is 0 Å². The third-order valence-corrected chi connectivity index (χ3v) is 2.96. The molecule has 2 aromatic heterocycles. The number of aromatic nitrogens is 2. The minimum atomic E-state index is 0.398. The average molecular weight is 326 g/mol. The summed E-state index contributed by atoms with van der Waals surface area (Å²) < 4.78 is 7.87.